The zero-order chi connectivity index (χ0) is 21.2. The number of ether oxygens (including phenoxy) is 1. The zero-order valence-electron chi connectivity index (χ0n) is 16.4. The molecule has 0 saturated heterocycles. The molecule has 0 aromatic heterocycles. The summed E-state index contributed by atoms with van der Waals surface area (Å²) in [7, 11) is 0. The van der Waals surface area contributed by atoms with Crippen LogP contribution >= 0.6 is 11.6 Å². The molecule has 0 atom stereocenters. The molecule has 2 amide bonds. The molecule has 0 bridgehead atoms. The fraction of sp³-hybridized carbons (Fsp3) is 0.167. The maximum Gasteiger partial charge on any atom is 0.255 e. The Morgan fingerprint density at radius 1 is 0.800 bits per heavy atom. The summed E-state index contributed by atoms with van der Waals surface area (Å²) in [4.78, 5) is 24.6. The first-order valence-corrected chi connectivity index (χ1v) is 10.0. The van der Waals surface area contributed by atoms with Crippen LogP contribution in [0.5, 0.6) is 5.75 Å². The Kier molecular flexibility index (Phi) is 7.86. The van der Waals surface area contributed by atoms with E-state index < -0.39 is 0 Å². The van der Waals surface area contributed by atoms with Gasteiger partial charge in [0.2, 0.25) is 5.91 Å². The van der Waals surface area contributed by atoms with Crippen LogP contribution in [0, 0.1) is 0 Å². The molecule has 0 spiro atoms. The third-order valence-corrected chi connectivity index (χ3v) is 4.68. The van der Waals surface area contributed by atoms with Crippen LogP contribution in [0.3, 0.4) is 0 Å². The van der Waals surface area contributed by atoms with Gasteiger partial charge in [0, 0.05) is 11.6 Å². The number of halogens is 1. The van der Waals surface area contributed by atoms with Crippen molar-refractivity contribution in [2.45, 2.75) is 13.0 Å². The summed E-state index contributed by atoms with van der Waals surface area (Å²) >= 11 is 5.89. The molecule has 0 aliphatic carbocycles. The van der Waals surface area contributed by atoms with Gasteiger partial charge in [0.1, 0.15) is 12.4 Å². The van der Waals surface area contributed by atoms with Crippen LogP contribution in [-0.2, 0) is 17.8 Å². The monoisotopic (exact) mass is 422 g/mol. The summed E-state index contributed by atoms with van der Waals surface area (Å²) < 4.78 is 5.80. The quantitative estimate of drug-likeness (QED) is 0.547. The molecule has 0 unspecified atom stereocenters. The maximum atomic E-state index is 12.5. The third-order valence-electron chi connectivity index (χ3n) is 4.43. The molecule has 3 aromatic rings. The predicted molar refractivity (Wildman–Crippen MR) is 118 cm³/mol. The number of nitrogens with one attached hydrogen (secondary N) is 2. The van der Waals surface area contributed by atoms with Crippen molar-refractivity contribution in [3.05, 3.63) is 101 Å². The third kappa shape index (κ3) is 6.64. The summed E-state index contributed by atoms with van der Waals surface area (Å²) in [6.07, 6.45) is 0.738. The van der Waals surface area contributed by atoms with Gasteiger partial charge in [-0.05, 0) is 41.8 Å². The molecule has 2 N–H and O–H groups in total. The molecule has 0 aliphatic heterocycles. The minimum atomic E-state index is -0.361. The van der Waals surface area contributed by atoms with Crippen molar-refractivity contribution in [1.29, 1.82) is 0 Å². The molecule has 0 saturated carbocycles. The van der Waals surface area contributed by atoms with E-state index in [1.807, 2.05) is 42.5 Å². The van der Waals surface area contributed by atoms with Gasteiger partial charge in [-0.1, -0.05) is 66.2 Å². The van der Waals surface area contributed by atoms with Gasteiger partial charge in [-0.2, -0.15) is 0 Å². The molecule has 6 heteroatoms. The van der Waals surface area contributed by atoms with Gasteiger partial charge in [-0.15, -0.1) is 0 Å². The molecule has 0 radical (unpaired) electrons. The molecule has 0 aliphatic rings. The zero-order valence-corrected chi connectivity index (χ0v) is 17.2. The molecule has 154 valence electrons. The number of rotatable bonds is 9. The Balaban J connectivity index is 1.47. The smallest absolute Gasteiger partial charge is 0.255 e. The summed E-state index contributed by atoms with van der Waals surface area (Å²) in [6.45, 7) is 0.722. The Morgan fingerprint density at radius 3 is 2.27 bits per heavy atom. The first-order chi connectivity index (χ1) is 14.6. The molecule has 3 rings (SSSR count). The molecule has 5 nitrogen and oxygen atoms in total. The predicted octanol–water partition coefficient (Wildman–Crippen LogP) is 4.01. The van der Waals surface area contributed by atoms with Crippen LogP contribution in [0.1, 0.15) is 21.5 Å². The van der Waals surface area contributed by atoms with Crippen molar-refractivity contribution in [3.63, 3.8) is 0 Å². The van der Waals surface area contributed by atoms with Crippen molar-refractivity contribution >= 4 is 23.4 Å². The Labute approximate surface area is 181 Å². The fourth-order valence-electron chi connectivity index (χ4n) is 2.83. The first kappa shape index (κ1) is 21.4. The average Bonchev–Trinajstić information content (AvgIpc) is 2.78. The number of para-hydroxylation sites is 1. The van der Waals surface area contributed by atoms with Gasteiger partial charge < -0.3 is 15.4 Å². The maximum absolute atomic E-state index is 12.5. The van der Waals surface area contributed by atoms with Crippen molar-refractivity contribution in [3.8, 4) is 5.75 Å². The minimum absolute atomic E-state index is 0.0981. The lowest BCUT2D eigenvalue weighted by Crippen LogP contribution is -2.37. The van der Waals surface area contributed by atoms with Crippen molar-refractivity contribution in [1.82, 2.24) is 10.6 Å². The van der Waals surface area contributed by atoms with Gasteiger partial charge in [-0.3, -0.25) is 9.59 Å². The van der Waals surface area contributed by atoms with Crippen LogP contribution < -0.4 is 15.4 Å². The Bertz CT molecular complexity index is 975. The highest BCUT2D eigenvalue weighted by Crippen LogP contribution is 2.20. The second-order valence-electron chi connectivity index (χ2n) is 6.68. The number of hydrogen-bond acceptors (Lipinski definition) is 3. The fourth-order valence-corrected chi connectivity index (χ4v) is 2.96. The molecule has 3 aromatic carbocycles. The van der Waals surface area contributed by atoms with E-state index in [4.69, 9.17) is 16.3 Å². The summed E-state index contributed by atoms with van der Waals surface area (Å²) in [6, 6.07) is 24.1. The highest BCUT2D eigenvalue weighted by molar-refractivity contribution is 6.30. The van der Waals surface area contributed by atoms with Crippen LogP contribution in [0.15, 0.2) is 78.9 Å². The van der Waals surface area contributed by atoms with Crippen molar-refractivity contribution < 1.29 is 14.3 Å². The topological polar surface area (TPSA) is 67.4 Å². The van der Waals surface area contributed by atoms with E-state index in [0.717, 1.165) is 17.5 Å². The summed E-state index contributed by atoms with van der Waals surface area (Å²) in [5.41, 5.74) is 2.46. The van der Waals surface area contributed by atoms with E-state index in [0.29, 0.717) is 29.5 Å². The summed E-state index contributed by atoms with van der Waals surface area (Å²) in [5, 5.41) is 6.11. The lowest BCUT2D eigenvalue weighted by atomic mass is 10.1. The second kappa shape index (κ2) is 11.0. The standard InChI is InChI=1S/C24H23ClN2O3/c25-20-12-10-19(11-13-20)17-30-22-9-5-4-8-21(22)24(29)27-16-23(28)26-15-14-18-6-2-1-3-7-18/h1-13H,14-17H2,(H,26,28)(H,27,29). The van der Waals surface area contributed by atoms with E-state index in [2.05, 4.69) is 10.6 Å². The van der Waals surface area contributed by atoms with E-state index in [-0.39, 0.29) is 18.4 Å². The van der Waals surface area contributed by atoms with Gasteiger partial charge >= 0.3 is 0 Å². The molecule has 30 heavy (non-hydrogen) atoms. The van der Waals surface area contributed by atoms with E-state index in [1.165, 1.54) is 0 Å². The van der Waals surface area contributed by atoms with Crippen LogP contribution in [0.25, 0.3) is 0 Å². The van der Waals surface area contributed by atoms with E-state index in [9.17, 15) is 9.59 Å². The Morgan fingerprint density at radius 2 is 1.50 bits per heavy atom. The van der Waals surface area contributed by atoms with Crippen molar-refractivity contribution in [2.75, 3.05) is 13.1 Å². The largest absolute Gasteiger partial charge is 0.488 e. The highest BCUT2D eigenvalue weighted by Gasteiger charge is 2.13. The normalized spacial score (nSPS) is 10.3. The molecular weight excluding hydrogens is 400 g/mol. The summed E-state index contributed by atoms with van der Waals surface area (Å²) in [5.74, 6) is -0.145. The number of benzene rings is 3. The number of amides is 2. The average molecular weight is 423 g/mol. The number of hydrogen-bond donors (Lipinski definition) is 2. The second-order valence-corrected chi connectivity index (χ2v) is 7.12. The van der Waals surface area contributed by atoms with Crippen LogP contribution in [-0.4, -0.2) is 24.9 Å². The van der Waals surface area contributed by atoms with E-state index in [1.54, 1.807) is 36.4 Å². The SMILES string of the molecule is O=C(CNC(=O)c1ccccc1OCc1ccc(Cl)cc1)NCCc1ccccc1. The van der Waals surface area contributed by atoms with E-state index >= 15 is 0 Å². The van der Waals surface area contributed by atoms with Crippen molar-refractivity contribution in [2.24, 2.45) is 0 Å². The van der Waals surface area contributed by atoms with Gasteiger partial charge in [0.15, 0.2) is 0 Å². The molecule has 0 heterocycles. The Hall–Kier alpha value is -3.31. The van der Waals surface area contributed by atoms with Crippen LogP contribution in [0.4, 0.5) is 0 Å². The molecule has 0 fully saturated rings. The number of carbonyl (C=O) groups is 2. The first-order valence-electron chi connectivity index (χ1n) is 9.67. The lowest BCUT2D eigenvalue weighted by Gasteiger charge is -2.12. The minimum Gasteiger partial charge on any atom is -0.488 e. The molecular formula is C24H23ClN2O3. The van der Waals surface area contributed by atoms with Gasteiger partial charge in [0.05, 0.1) is 12.1 Å². The van der Waals surface area contributed by atoms with Gasteiger partial charge in [0.25, 0.3) is 5.91 Å². The van der Waals surface area contributed by atoms with Gasteiger partial charge in [-0.25, -0.2) is 0 Å². The highest BCUT2D eigenvalue weighted by atomic mass is 35.5. The number of carbonyl (C=O) groups excluding carboxylic acids is 2. The lowest BCUT2D eigenvalue weighted by molar-refractivity contribution is -0.120. The van der Waals surface area contributed by atoms with Crippen LogP contribution in [0.2, 0.25) is 5.02 Å².